The number of thiophene rings is 1. The number of nitrogens with one attached hydrogen (secondary N) is 1. The fraction of sp³-hybridized carbons (Fsp3) is 0.231. The van der Waals surface area contributed by atoms with Crippen LogP contribution in [-0.4, -0.2) is 19.2 Å². The van der Waals surface area contributed by atoms with Gasteiger partial charge >= 0.3 is 0 Å². The molecule has 1 aliphatic heterocycles. The largest absolute Gasteiger partial charge is 0.372 e. The highest BCUT2D eigenvalue weighted by Crippen LogP contribution is 2.32. The maximum absolute atomic E-state index is 6.46. The number of hydrogen-bond acceptors (Lipinski definition) is 3. The summed E-state index contributed by atoms with van der Waals surface area (Å²) >= 11 is 1.75. The van der Waals surface area contributed by atoms with Crippen LogP contribution in [0.25, 0.3) is 21.9 Å². The monoisotopic (exact) mass is 399 g/mol. The number of benzene rings is 3. The fourth-order valence-electron chi connectivity index (χ4n) is 4.30. The molecule has 4 aromatic rings. The minimum Gasteiger partial charge on any atom is -0.372 e. The molecule has 29 heavy (non-hydrogen) atoms. The lowest BCUT2D eigenvalue weighted by Gasteiger charge is -2.33. The van der Waals surface area contributed by atoms with Crippen molar-refractivity contribution in [2.24, 2.45) is 0 Å². The van der Waals surface area contributed by atoms with Gasteiger partial charge in [-0.3, -0.25) is 0 Å². The van der Waals surface area contributed by atoms with Crippen LogP contribution in [0.3, 0.4) is 0 Å². The Kier molecular flexibility index (Phi) is 5.44. The average molecular weight is 400 g/mol. The first-order chi connectivity index (χ1) is 14.4. The first-order valence-corrected chi connectivity index (χ1v) is 11.2. The standard InChI is InChI=1S/C26H25NOS/c1-2-5-21-14-19(8-9-20(21)4-1)17-28-26-16-27-12-10-25(26)23-7-3-6-22(15-23)24-11-13-29-18-24/h1-9,11,13-15,18,25-27H,10,12,16-17H2/t25-,26+/m1/s1. The molecule has 146 valence electrons. The van der Waals surface area contributed by atoms with Crippen LogP contribution < -0.4 is 5.32 Å². The van der Waals surface area contributed by atoms with Crippen LogP contribution in [0.4, 0.5) is 0 Å². The third kappa shape index (κ3) is 4.13. The average Bonchev–Trinajstić information content (AvgIpc) is 3.33. The van der Waals surface area contributed by atoms with Crippen molar-refractivity contribution in [1.82, 2.24) is 5.32 Å². The van der Waals surface area contributed by atoms with Crippen molar-refractivity contribution < 1.29 is 4.74 Å². The molecule has 1 saturated heterocycles. The van der Waals surface area contributed by atoms with E-state index in [0.717, 1.165) is 19.5 Å². The second-order valence-electron chi connectivity index (χ2n) is 7.77. The van der Waals surface area contributed by atoms with Gasteiger partial charge in [-0.2, -0.15) is 11.3 Å². The second-order valence-corrected chi connectivity index (χ2v) is 8.55. The molecular formula is C26H25NOS. The highest BCUT2D eigenvalue weighted by atomic mass is 32.1. The van der Waals surface area contributed by atoms with E-state index in [4.69, 9.17) is 4.74 Å². The summed E-state index contributed by atoms with van der Waals surface area (Å²) in [6.45, 7) is 2.60. The molecule has 3 heteroatoms. The molecule has 2 atom stereocenters. The van der Waals surface area contributed by atoms with E-state index in [1.807, 2.05) is 0 Å². The first-order valence-electron chi connectivity index (χ1n) is 10.3. The Balaban J connectivity index is 1.34. The zero-order chi connectivity index (χ0) is 19.5. The lowest BCUT2D eigenvalue weighted by atomic mass is 9.86. The molecule has 3 aromatic carbocycles. The highest BCUT2D eigenvalue weighted by molar-refractivity contribution is 7.08. The van der Waals surface area contributed by atoms with E-state index < -0.39 is 0 Å². The third-order valence-electron chi connectivity index (χ3n) is 5.87. The molecule has 0 amide bonds. The van der Waals surface area contributed by atoms with Crippen molar-refractivity contribution in [3.05, 3.63) is 94.7 Å². The van der Waals surface area contributed by atoms with E-state index >= 15 is 0 Å². The van der Waals surface area contributed by atoms with Gasteiger partial charge in [-0.25, -0.2) is 0 Å². The number of rotatable bonds is 5. The fourth-order valence-corrected chi connectivity index (χ4v) is 4.96. The highest BCUT2D eigenvalue weighted by Gasteiger charge is 2.27. The Labute approximate surface area is 176 Å². The van der Waals surface area contributed by atoms with Crippen LogP contribution in [0.1, 0.15) is 23.5 Å². The first kappa shape index (κ1) is 18.6. The van der Waals surface area contributed by atoms with E-state index in [2.05, 4.69) is 88.9 Å². The molecule has 0 unspecified atom stereocenters. The zero-order valence-electron chi connectivity index (χ0n) is 16.4. The van der Waals surface area contributed by atoms with Gasteiger partial charge in [0.15, 0.2) is 0 Å². The predicted molar refractivity (Wildman–Crippen MR) is 123 cm³/mol. The SMILES string of the molecule is c1cc(-c2ccsc2)cc([C@H]2CCNC[C@@H]2OCc2ccc3ccccc3c2)c1. The van der Waals surface area contributed by atoms with E-state index in [9.17, 15) is 0 Å². The summed E-state index contributed by atoms with van der Waals surface area (Å²) in [4.78, 5) is 0. The molecule has 5 rings (SSSR count). The van der Waals surface area contributed by atoms with Gasteiger partial charge in [0.1, 0.15) is 0 Å². The van der Waals surface area contributed by atoms with E-state index in [-0.39, 0.29) is 6.10 Å². The summed E-state index contributed by atoms with van der Waals surface area (Å²) in [5, 5.41) is 10.4. The van der Waals surface area contributed by atoms with Gasteiger partial charge in [0, 0.05) is 12.5 Å². The summed E-state index contributed by atoms with van der Waals surface area (Å²) in [5.41, 5.74) is 5.23. The maximum Gasteiger partial charge on any atom is 0.0772 e. The molecule has 1 N–H and O–H groups in total. The van der Waals surface area contributed by atoms with Crippen molar-refractivity contribution in [3.8, 4) is 11.1 Å². The smallest absolute Gasteiger partial charge is 0.0772 e. The zero-order valence-corrected chi connectivity index (χ0v) is 17.2. The quantitative estimate of drug-likeness (QED) is 0.429. The summed E-state index contributed by atoms with van der Waals surface area (Å²) < 4.78 is 6.46. The normalized spacial score (nSPS) is 19.4. The van der Waals surface area contributed by atoms with Gasteiger partial charge in [0.25, 0.3) is 0 Å². The maximum atomic E-state index is 6.46. The Hall–Kier alpha value is -2.46. The van der Waals surface area contributed by atoms with Crippen LogP contribution in [-0.2, 0) is 11.3 Å². The second kappa shape index (κ2) is 8.50. The van der Waals surface area contributed by atoms with Gasteiger partial charge < -0.3 is 10.1 Å². The van der Waals surface area contributed by atoms with Gasteiger partial charge in [0.2, 0.25) is 0 Å². The topological polar surface area (TPSA) is 21.3 Å². The van der Waals surface area contributed by atoms with Gasteiger partial charge in [-0.1, -0.05) is 60.7 Å². The Bertz CT molecular complexity index is 1090. The predicted octanol–water partition coefficient (Wildman–Crippen LogP) is 6.23. The third-order valence-corrected chi connectivity index (χ3v) is 6.56. The van der Waals surface area contributed by atoms with Crippen LogP contribution in [0.2, 0.25) is 0 Å². The van der Waals surface area contributed by atoms with E-state index in [1.54, 1.807) is 11.3 Å². The number of piperidine rings is 1. The summed E-state index contributed by atoms with van der Waals surface area (Å²) in [6.07, 6.45) is 1.29. The molecule has 0 bridgehead atoms. The molecule has 0 radical (unpaired) electrons. The van der Waals surface area contributed by atoms with Crippen LogP contribution >= 0.6 is 11.3 Å². The lowest BCUT2D eigenvalue weighted by molar-refractivity contribution is 0.0107. The minimum atomic E-state index is 0.188. The Morgan fingerprint density at radius 1 is 0.897 bits per heavy atom. The lowest BCUT2D eigenvalue weighted by Crippen LogP contribution is -2.41. The molecule has 1 aliphatic rings. The Morgan fingerprint density at radius 3 is 2.72 bits per heavy atom. The van der Waals surface area contributed by atoms with Crippen molar-refractivity contribution in [3.63, 3.8) is 0 Å². The Morgan fingerprint density at radius 2 is 1.83 bits per heavy atom. The van der Waals surface area contributed by atoms with Crippen LogP contribution in [0.5, 0.6) is 0 Å². The van der Waals surface area contributed by atoms with E-state index in [1.165, 1.54) is 33.0 Å². The van der Waals surface area contributed by atoms with Crippen molar-refractivity contribution >= 4 is 22.1 Å². The molecule has 0 aliphatic carbocycles. The molecule has 0 saturated carbocycles. The van der Waals surface area contributed by atoms with Gasteiger partial charge in [0.05, 0.1) is 12.7 Å². The van der Waals surface area contributed by atoms with Crippen LogP contribution in [0.15, 0.2) is 83.6 Å². The van der Waals surface area contributed by atoms with Crippen LogP contribution in [0, 0.1) is 0 Å². The summed E-state index contributed by atoms with van der Waals surface area (Å²) in [5.74, 6) is 0.426. The molecular weight excluding hydrogens is 374 g/mol. The summed E-state index contributed by atoms with van der Waals surface area (Å²) in [7, 11) is 0. The molecule has 2 heterocycles. The minimum absolute atomic E-state index is 0.188. The summed E-state index contributed by atoms with van der Waals surface area (Å²) in [6, 6.07) is 26.3. The number of ether oxygens (including phenoxy) is 1. The molecule has 1 fully saturated rings. The van der Waals surface area contributed by atoms with Crippen molar-refractivity contribution in [2.45, 2.75) is 25.0 Å². The molecule has 1 aromatic heterocycles. The molecule has 0 spiro atoms. The van der Waals surface area contributed by atoms with Crippen molar-refractivity contribution in [2.75, 3.05) is 13.1 Å². The number of fused-ring (bicyclic) bond motifs is 1. The van der Waals surface area contributed by atoms with Gasteiger partial charge in [-0.15, -0.1) is 0 Å². The number of hydrogen-bond donors (Lipinski definition) is 1. The van der Waals surface area contributed by atoms with Gasteiger partial charge in [-0.05, 0) is 68.9 Å². The molecule has 2 nitrogen and oxygen atoms in total. The van der Waals surface area contributed by atoms with E-state index in [0.29, 0.717) is 12.5 Å². The van der Waals surface area contributed by atoms with Crippen molar-refractivity contribution in [1.29, 1.82) is 0 Å².